The predicted octanol–water partition coefficient (Wildman–Crippen LogP) is 2.04. The highest BCUT2D eigenvalue weighted by Crippen LogP contribution is 2.39. The first kappa shape index (κ1) is 15.3. The predicted molar refractivity (Wildman–Crippen MR) is 75.6 cm³/mol. The Labute approximate surface area is 113 Å². The highest BCUT2D eigenvalue weighted by molar-refractivity contribution is 8.77. The number of rotatable bonds is 8. The standard InChI is InChI=1S/C10H19NO3S3/c12-10(11-6-8-17(13)14)4-2-1-3-9-5-7-15-16-9/h9H,1-8H2,(H,11,12)(H,13,14). The Morgan fingerprint density at radius 3 is 2.94 bits per heavy atom. The second-order valence-corrected chi connectivity index (χ2v) is 7.79. The molecule has 0 aliphatic carbocycles. The van der Waals surface area contributed by atoms with E-state index in [1.807, 2.05) is 21.6 Å². The molecule has 1 amide bonds. The largest absolute Gasteiger partial charge is 0.355 e. The van der Waals surface area contributed by atoms with Gasteiger partial charge in [-0.25, -0.2) is 4.21 Å². The van der Waals surface area contributed by atoms with Gasteiger partial charge in [0.1, 0.15) is 0 Å². The topological polar surface area (TPSA) is 66.4 Å². The summed E-state index contributed by atoms with van der Waals surface area (Å²) in [6, 6.07) is 0. The smallest absolute Gasteiger partial charge is 0.220 e. The van der Waals surface area contributed by atoms with Gasteiger partial charge in [0.25, 0.3) is 0 Å². The van der Waals surface area contributed by atoms with Crippen LogP contribution in [0.1, 0.15) is 32.1 Å². The molecule has 0 radical (unpaired) electrons. The van der Waals surface area contributed by atoms with Crippen LogP contribution >= 0.6 is 21.6 Å². The molecular formula is C10H19NO3S3. The fraction of sp³-hybridized carbons (Fsp3) is 0.900. The van der Waals surface area contributed by atoms with Crippen LogP contribution in [0.3, 0.4) is 0 Å². The van der Waals surface area contributed by atoms with E-state index in [0.717, 1.165) is 18.1 Å². The lowest BCUT2D eigenvalue weighted by atomic mass is 10.1. The highest BCUT2D eigenvalue weighted by Gasteiger charge is 2.15. The Bertz CT molecular complexity index is 257. The average molecular weight is 297 g/mol. The van der Waals surface area contributed by atoms with Gasteiger partial charge in [-0.2, -0.15) is 0 Å². The lowest BCUT2D eigenvalue weighted by Gasteiger charge is -2.07. The normalized spacial score (nSPS) is 21.4. The fourth-order valence-corrected chi connectivity index (χ4v) is 4.89. The van der Waals surface area contributed by atoms with E-state index in [2.05, 4.69) is 5.32 Å². The third-order valence-electron chi connectivity index (χ3n) is 2.51. The number of amides is 1. The number of unbranched alkanes of at least 4 members (excludes halogenated alkanes) is 1. The van der Waals surface area contributed by atoms with Gasteiger partial charge in [-0.05, 0) is 19.3 Å². The van der Waals surface area contributed by atoms with E-state index < -0.39 is 11.1 Å². The molecule has 0 aromatic heterocycles. The van der Waals surface area contributed by atoms with Gasteiger partial charge in [-0.15, -0.1) is 0 Å². The maximum atomic E-state index is 11.3. The van der Waals surface area contributed by atoms with Crippen molar-refractivity contribution in [1.82, 2.24) is 5.32 Å². The number of hydrogen-bond acceptors (Lipinski definition) is 4. The first-order chi connectivity index (χ1) is 8.18. The van der Waals surface area contributed by atoms with Gasteiger partial charge in [0, 0.05) is 24.0 Å². The summed E-state index contributed by atoms with van der Waals surface area (Å²) < 4.78 is 18.9. The Morgan fingerprint density at radius 2 is 2.29 bits per heavy atom. The molecule has 1 fully saturated rings. The molecule has 0 aromatic rings. The number of nitrogens with one attached hydrogen (secondary N) is 1. The van der Waals surface area contributed by atoms with Gasteiger partial charge in [0.15, 0.2) is 11.1 Å². The van der Waals surface area contributed by atoms with Crippen molar-refractivity contribution in [3.8, 4) is 0 Å². The van der Waals surface area contributed by atoms with Gasteiger partial charge in [0.2, 0.25) is 5.91 Å². The minimum atomic E-state index is -1.81. The molecule has 4 nitrogen and oxygen atoms in total. The van der Waals surface area contributed by atoms with E-state index in [1.165, 1.54) is 18.6 Å². The summed E-state index contributed by atoms with van der Waals surface area (Å²) in [4.78, 5) is 11.3. The van der Waals surface area contributed by atoms with Crippen LogP contribution < -0.4 is 5.32 Å². The molecule has 1 saturated heterocycles. The highest BCUT2D eigenvalue weighted by atomic mass is 33.1. The summed E-state index contributed by atoms with van der Waals surface area (Å²) in [5.74, 6) is 1.36. The average Bonchev–Trinajstić information content (AvgIpc) is 2.76. The zero-order valence-electron chi connectivity index (χ0n) is 9.72. The van der Waals surface area contributed by atoms with Crippen LogP contribution in [0.25, 0.3) is 0 Å². The SMILES string of the molecule is O=C(CCCCC1CCSS1)NCCS(=O)O. The number of carbonyl (C=O) groups excluding carboxylic acids is 1. The van der Waals surface area contributed by atoms with Crippen molar-refractivity contribution in [2.24, 2.45) is 0 Å². The third-order valence-corrected chi connectivity index (χ3v) is 6.07. The van der Waals surface area contributed by atoms with Crippen LogP contribution in [0.5, 0.6) is 0 Å². The molecule has 0 bridgehead atoms. The summed E-state index contributed by atoms with van der Waals surface area (Å²) in [7, 11) is 3.92. The Hall–Kier alpha value is 0.280. The van der Waals surface area contributed by atoms with E-state index in [4.69, 9.17) is 4.55 Å². The molecule has 1 aliphatic heterocycles. The van der Waals surface area contributed by atoms with Gasteiger partial charge in [-0.1, -0.05) is 28.0 Å². The van der Waals surface area contributed by atoms with Crippen molar-refractivity contribution in [2.45, 2.75) is 37.4 Å². The minimum absolute atomic E-state index is 0.0103. The lowest BCUT2D eigenvalue weighted by Crippen LogP contribution is -2.27. The molecule has 2 unspecified atom stereocenters. The van der Waals surface area contributed by atoms with Gasteiger partial charge in [-0.3, -0.25) is 4.79 Å². The summed E-state index contributed by atoms with van der Waals surface area (Å²) >= 11 is -1.81. The van der Waals surface area contributed by atoms with Crippen molar-refractivity contribution in [3.05, 3.63) is 0 Å². The van der Waals surface area contributed by atoms with Crippen LogP contribution in [-0.2, 0) is 15.9 Å². The Morgan fingerprint density at radius 1 is 1.47 bits per heavy atom. The quantitative estimate of drug-likeness (QED) is 0.408. The molecule has 1 aliphatic rings. The maximum Gasteiger partial charge on any atom is 0.220 e. The van der Waals surface area contributed by atoms with E-state index in [0.29, 0.717) is 6.42 Å². The van der Waals surface area contributed by atoms with Gasteiger partial charge in [0.05, 0.1) is 5.75 Å². The van der Waals surface area contributed by atoms with Crippen molar-refractivity contribution >= 4 is 38.6 Å². The lowest BCUT2D eigenvalue weighted by molar-refractivity contribution is -0.121. The van der Waals surface area contributed by atoms with Crippen LogP contribution in [-0.4, -0.2) is 38.0 Å². The van der Waals surface area contributed by atoms with Crippen LogP contribution in [0, 0.1) is 0 Å². The molecule has 1 heterocycles. The van der Waals surface area contributed by atoms with E-state index in [-0.39, 0.29) is 18.2 Å². The number of hydrogen-bond donors (Lipinski definition) is 2. The van der Waals surface area contributed by atoms with Crippen LogP contribution in [0.15, 0.2) is 0 Å². The maximum absolute atomic E-state index is 11.3. The van der Waals surface area contributed by atoms with Crippen molar-refractivity contribution in [3.63, 3.8) is 0 Å². The molecular weight excluding hydrogens is 278 g/mol. The minimum Gasteiger partial charge on any atom is -0.355 e. The second-order valence-electron chi connectivity index (χ2n) is 3.95. The fourth-order valence-electron chi connectivity index (χ4n) is 1.59. The third kappa shape index (κ3) is 8.07. The molecule has 1 rings (SSSR count). The molecule has 0 saturated carbocycles. The summed E-state index contributed by atoms with van der Waals surface area (Å²) in [5, 5.41) is 3.42. The van der Waals surface area contributed by atoms with Gasteiger partial charge >= 0.3 is 0 Å². The van der Waals surface area contributed by atoms with Crippen molar-refractivity contribution in [1.29, 1.82) is 0 Å². The molecule has 0 spiro atoms. The van der Waals surface area contributed by atoms with E-state index in [9.17, 15) is 9.00 Å². The summed E-state index contributed by atoms with van der Waals surface area (Å²) in [5.41, 5.74) is 0. The first-order valence-corrected chi connectivity index (χ1v) is 9.46. The molecule has 7 heteroatoms. The Balaban J connectivity index is 1.90. The van der Waals surface area contributed by atoms with E-state index in [1.54, 1.807) is 0 Å². The molecule has 100 valence electrons. The summed E-state index contributed by atoms with van der Waals surface area (Å²) in [6.45, 7) is 0.289. The molecule has 17 heavy (non-hydrogen) atoms. The first-order valence-electron chi connectivity index (χ1n) is 5.81. The molecule has 2 N–H and O–H groups in total. The monoisotopic (exact) mass is 297 g/mol. The van der Waals surface area contributed by atoms with E-state index >= 15 is 0 Å². The Kier molecular flexibility index (Phi) is 8.34. The molecule has 0 aromatic carbocycles. The summed E-state index contributed by atoms with van der Waals surface area (Å²) in [6.07, 6.45) is 5.03. The van der Waals surface area contributed by atoms with Crippen molar-refractivity contribution < 1.29 is 13.6 Å². The zero-order valence-corrected chi connectivity index (χ0v) is 12.2. The zero-order chi connectivity index (χ0) is 12.5. The van der Waals surface area contributed by atoms with Crippen LogP contribution in [0.2, 0.25) is 0 Å². The van der Waals surface area contributed by atoms with Crippen molar-refractivity contribution in [2.75, 3.05) is 18.1 Å². The second kappa shape index (κ2) is 9.24. The van der Waals surface area contributed by atoms with Gasteiger partial charge < -0.3 is 9.87 Å². The number of carbonyl (C=O) groups is 1. The molecule has 2 atom stereocenters. The van der Waals surface area contributed by atoms with Crippen LogP contribution in [0.4, 0.5) is 0 Å².